The highest BCUT2D eigenvalue weighted by molar-refractivity contribution is 5.80. The summed E-state index contributed by atoms with van der Waals surface area (Å²) in [6, 6.07) is 9.81. The minimum Gasteiger partial charge on any atom is -0.376 e. The van der Waals surface area contributed by atoms with E-state index in [2.05, 4.69) is 5.32 Å². The van der Waals surface area contributed by atoms with Gasteiger partial charge in [-0.05, 0) is 37.4 Å². The minimum absolute atomic E-state index is 0.175. The normalized spacial score (nSPS) is 16.6. The molecule has 1 saturated heterocycles. The summed E-state index contributed by atoms with van der Waals surface area (Å²) < 4.78 is 0. The van der Waals surface area contributed by atoms with Gasteiger partial charge in [0.05, 0.1) is 6.54 Å². The third-order valence-electron chi connectivity index (χ3n) is 3.52. The van der Waals surface area contributed by atoms with Gasteiger partial charge >= 0.3 is 0 Å². The second kappa shape index (κ2) is 6.40. The highest BCUT2D eigenvalue weighted by Crippen LogP contribution is 2.15. The number of piperidine rings is 1. The fourth-order valence-corrected chi connectivity index (χ4v) is 2.26. The van der Waals surface area contributed by atoms with Crippen molar-refractivity contribution in [3.05, 3.63) is 30.3 Å². The monoisotopic (exact) mass is 247 g/mol. The zero-order valence-electron chi connectivity index (χ0n) is 10.6. The smallest absolute Gasteiger partial charge is 0.241 e. The summed E-state index contributed by atoms with van der Waals surface area (Å²) >= 11 is 0. The van der Waals surface area contributed by atoms with E-state index in [0.717, 1.165) is 38.2 Å². The standard InChI is InChI=1S/C14H21N3O/c15-10-12-6-8-17(9-7-12)14(18)11-16-13-4-2-1-3-5-13/h1-5,12,16H,6-11,15H2. The molecule has 18 heavy (non-hydrogen) atoms. The predicted molar refractivity (Wildman–Crippen MR) is 73.3 cm³/mol. The van der Waals surface area contributed by atoms with Crippen molar-refractivity contribution in [1.29, 1.82) is 0 Å². The van der Waals surface area contributed by atoms with Gasteiger partial charge in [-0.15, -0.1) is 0 Å². The number of nitrogens with zero attached hydrogens (tertiary/aromatic N) is 1. The molecular weight excluding hydrogens is 226 g/mol. The summed E-state index contributed by atoms with van der Waals surface area (Å²) in [7, 11) is 0. The first-order valence-electron chi connectivity index (χ1n) is 6.56. The number of anilines is 1. The average molecular weight is 247 g/mol. The molecule has 4 nitrogen and oxygen atoms in total. The van der Waals surface area contributed by atoms with Crippen LogP contribution in [-0.4, -0.2) is 37.0 Å². The van der Waals surface area contributed by atoms with E-state index in [1.807, 2.05) is 35.2 Å². The van der Waals surface area contributed by atoms with Crippen molar-refractivity contribution in [2.45, 2.75) is 12.8 Å². The molecule has 1 aromatic carbocycles. The number of likely N-dealkylation sites (tertiary alicyclic amines) is 1. The van der Waals surface area contributed by atoms with Crippen LogP contribution in [0.3, 0.4) is 0 Å². The highest BCUT2D eigenvalue weighted by atomic mass is 16.2. The number of nitrogens with one attached hydrogen (secondary N) is 1. The molecular formula is C14H21N3O. The number of hydrogen-bond donors (Lipinski definition) is 2. The number of nitrogens with two attached hydrogens (primary N) is 1. The molecule has 4 heteroatoms. The van der Waals surface area contributed by atoms with Crippen molar-refractivity contribution in [3.8, 4) is 0 Å². The van der Waals surface area contributed by atoms with Gasteiger partial charge < -0.3 is 16.0 Å². The lowest BCUT2D eigenvalue weighted by Crippen LogP contribution is -2.42. The minimum atomic E-state index is 0.175. The molecule has 98 valence electrons. The molecule has 0 unspecified atom stereocenters. The van der Waals surface area contributed by atoms with E-state index in [4.69, 9.17) is 5.73 Å². The van der Waals surface area contributed by atoms with Crippen LogP contribution in [0.4, 0.5) is 5.69 Å². The topological polar surface area (TPSA) is 58.4 Å². The van der Waals surface area contributed by atoms with E-state index in [1.165, 1.54) is 0 Å². The van der Waals surface area contributed by atoms with Gasteiger partial charge in [-0.3, -0.25) is 4.79 Å². The molecule has 0 aromatic heterocycles. The number of hydrogen-bond acceptors (Lipinski definition) is 3. The maximum atomic E-state index is 12.0. The lowest BCUT2D eigenvalue weighted by molar-refractivity contribution is -0.130. The maximum Gasteiger partial charge on any atom is 0.241 e. The van der Waals surface area contributed by atoms with Gasteiger partial charge in [-0.1, -0.05) is 18.2 Å². The van der Waals surface area contributed by atoms with Crippen LogP contribution in [0, 0.1) is 5.92 Å². The summed E-state index contributed by atoms with van der Waals surface area (Å²) in [6.07, 6.45) is 2.07. The second-order valence-corrected chi connectivity index (χ2v) is 4.78. The molecule has 1 fully saturated rings. The van der Waals surface area contributed by atoms with E-state index >= 15 is 0 Å². The Kier molecular flexibility index (Phi) is 4.59. The molecule has 1 aliphatic heterocycles. The van der Waals surface area contributed by atoms with Gasteiger partial charge in [-0.2, -0.15) is 0 Å². The van der Waals surface area contributed by atoms with Crippen LogP contribution < -0.4 is 11.1 Å². The van der Waals surface area contributed by atoms with Gasteiger partial charge in [0.15, 0.2) is 0 Å². The van der Waals surface area contributed by atoms with E-state index in [0.29, 0.717) is 12.5 Å². The van der Waals surface area contributed by atoms with Crippen molar-refractivity contribution in [1.82, 2.24) is 4.90 Å². The molecule has 1 amide bonds. The van der Waals surface area contributed by atoms with E-state index in [-0.39, 0.29) is 5.91 Å². The van der Waals surface area contributed by atoms with Crippen molar-refractivity contribution in [2.75, 3.05) is 31.5 Å². The van der Waals surface area contributed by atoms with Crippen LogP contribution in [0.5, 0.6) is 0 Å². The van der Waals surface area contributed by atoms with Crippen LogP contribution >= 0.6 is 0 Å². The number of benzene rings is 1. The molecule has 0 radical (unpaired) electrons. The van der Waals surface area contributed by atoms with E-state index < -0.39 is 0 Å². The second-order valence-electron chi connectivity index (χ2n) is 4.78. The highest BCUT2D eigenvalue weighted by Gasteiger charge is 2.21. The zero-order valence-corrected chi connectivity index (χ0v) is 10.6. The molecule has 2 rings (SSSR count). The summed E-state index contributed by atoms with van der Waals surface area (Å²) in [5.74, 6) is 0.769. The molecule has 1 aromatic rings. The molecule has 1 aliphatic rings. The quantitative estimate of drug-likeness (QED) is 0.843. The van der Waals surface area contributed by atoms with Crippen LogP contribution in [0.25, 0.3) is 0 Å². The number of para-hydroxylation sites is 1. The fraction of sp³-hybridized carbons (Fsp3) is 0.500. The van der Waals surface area contributed by atoms with Crippen LogP contribution in [0.15, 0.2) is 30.3 Å². The number of rotatable bonds is 4. The Morgan fingerprint density at radius 3 is 2.56 bits per heavy atom. The molecule has 0 saturated carbocycles. The van der Waals surface area contributed by atoms with Crippen molar-refractivity contribution < 1.29 is 4.79 Å². The fourth-order valence-electron chi connectivity index (χ4n) is 2.26. The molecule has 0 bridgehead atoms. The average Bonchev–Trinajstić information content (AvgIpc) is 2.46. The van der Waals surface area contributed by atoms with E-state index in [9.17, 15) is 4.79 Å². The van der Waals surface area contributed by atoms with Crippen LogP contribution in [0.2, 0.25) is 0 Å². The lowest BCUT2D eigenvalue weighted by atomic mass is 9.97. The van der Waals surface area contributed by atoms with Gasteiger partial charge in [0.25, 0.3) is 0 Å². The number of carbonyl (C=O) groups is 1. The van der Waals surface area contributed by atoms with Crippen LogP contribution in [-0.2, 0) is 4.79 Å². The van der Waals surface area contributed by atoms with Gasteiger partial charge in [0.2, 0.25) is 5.91 Å². The molecule has 0 atom stereocenters. The summed E-state index contributed by atoms with van der Waals surface area (Å²) in [6.45, 7) is 2.80. The Labute approximate surface area is 108 Å². The zero-order chi connectivity index (χ0) is 12.8. The van der Waals surface area contributed by atoms with Crippen molar-refractivity contribution in [2.24, 2.45) is 11.7 Å². The van der Waals surface area contributed by atoms with E-state index in [1.54, 1.807) is 0 Å². The Morgan fingerprint density at radius 1 is 1.28 bits per heavy atom. The summed E-state index contributed by atoms with van der Waals surface area (Å²) in [5, 5.41) is 3.15. The number of carbonyl (C=O) groups excluding carboxylic acids is 1. The van der Waals surface area contributed by atoms with Gasteiger partial charge in [0.1, 0.15) is 0 Å². The molecule has 1 heterocycles. The predicted octanol–water partition coefficient (Wildman–Crippen LogP) is 1.30. The van der Waals surface area contributed by atoms with Crippen molar-refractivity contribution in [3.63, 3.8) is 0 Å². The molecule has 0 spiro atoms. The summed E-state index contributed by atoms with van der Waals surface area (Å²) in [4.78, 5) is 13.9. The molecule has 0 aliphatic carbocycles. The van der Waals surface area contributed by atoms with Gasteiger partial charge in [-0.25, -0.2) is 0 Å². The van der Waals surface area contributed by atoms with Gasteiger partial charge in [0, 0.05) is 18.8 Å². The summed E-state index contributed by atoms with van der Waals surface area (Å²) in [5.41, 5.74) is 6.63. The first-order valence-corrected chi connectivity index (χ1v) is 6.56. The lowest BCUT2D eigenvalue weighted by Gasteiger charge is -2.31. The van der Waals surface area contributed by atoms with Crippen molar-refractivity contribution >= 4 is 11.6 Å². The number of amides is 1. The Morgan fingerprint density at radius 2 is 1.94 bits per heavy atom. The third kappa shape index (κ3) is 3.47. The Hall–Kier alpha value is -1.55. The van der Waals surface area contributed by atoms with Crippen LogP contribution in [0.1, 0.15) is 12.8 Å². The Balaban J connectivity index is 1.75. The SMILES string of the molecule is NCC1CCN(C(=O)CNc2ccccc2)CC1. The first kappa shape index (κ1) is 12.9. The largest absolute Gasteiger partial charge is 0.376 e. The maximum absolute atomic E-state index is 12.0. The Bertz CT molecular complexity index is 372. The third-order valence-corrected chi connectivity index (χ3v) is 3.52. The first-order chi connectivity index (χ1) is 8.79. The molecule has 3 N–H and O–H groups in total.